The molecule has 3 heteroatoms. The van der Waals surface area contributed by atoms with Crippen molar-refractivity contribution in [1.29, 1.82) is 0 Å². The summed E-state index contributed by atoms with van der Waals surface area (Å²) in [6.07, 6.45) is 1.79. The van der Waals surface area contributed by atoms with Crippen LogP contribution in [-0.2, 0) is 11.2 Å². The van der Waals surface area contributed by atoms with Crippen LogP contribution >= 0.6 is 0 Å². The standard InChI is InChI=1S/C12H13NO2/c1-2-11(14)9-4-3-8-5-6-12(15)13-10(8)7-9/h3-4,7H,2,5-6H2,1H3,(H,13,15). The summed E-state index contributed by atoms with van der Waals surface area (Å²) in [6, 6.07) is 5.54. The molecule has 1 aliphatic rings. The topological polar surface area (TPSA) is 46.2 Å². The number of nitrogens with one attached hydrogen (secondary N) is 1. The average Bonchev–Trinajstić information content (AvgIpc) is 2.27. The Hall–Kier alpha value is -1.64. The SMILES string of the molecule is CCC(=O)c1ccc2c(c1)NC(=O)CC2. The molecule has 1 aromatic rings. The number of carbonyl (C=O) groups excluding carboxylic acids is 2. The summed E-state index contributed by atoms with van der Waals surface area (Å²) in [5, 5.41) is 2.79. The predicted octanol–water partition coefficient (Wildman–Crippen LogP) is 2.16. The van der Waals surface area contributed by atoms with Gasteiger partial charge in [0, 0.05) is 24.1 Å². The molecule has 0 saturated heterocycles. The smallest absolute Gasteiger partial charge is 0.224 e. The second kappa shape index (κ2) is 3.85. The Bertz CT molecular complexity index is 424. The Morgan fingerprint density at radius 3 is 2.93 bits per heavy atom. The van der Waals surface area contributed by atoms with Crippen LogP contribution < -0.4 is 5.32 Å². The zero-order valence-electron chi connectivity index (χ0n) is 8.67. The number of rotatable bonds is 2. The third kappa shape index (κ3) is 1.91. The number of fused-ring (bicyclic) bond motifs is 1. The van der Waals surface area contributed by atoms with Crippen molar-refractivity contribution in [2.75, 3.05) is 5.32 Å². The number of benzene rings is 1. The molecule has 2 rings (SSSR count). The highest BCUT2D eigenvalue weighted by Gasteiger charge is 2.15. The summed E-state index contributed by atoms with van der Waals surface area (Å²) in [5.74, 6) is 0.140. The monoisotopic (exact) mass is 203 g/mol. The van der Waals surface area contributed by atoms with E-state index in [1.54, 1.807) is 6.07 Å². The molecule has 0 radical (unpaired) electrons. The summed E-state index contributed by atoms with van der Waals surface area (Å²) in [4.78, 5) is 22.6. The third-order valence-corrected chi connectivity index (χ3v) is 2.65. The molecule has 0 aromatic heterocycles. The van der Waals surface area contributed by atoms with Gasteiger partial charge in [-0.3, -0.25) is 9.59 Å². The van der Waals surface area contributed by atoms with Gasteiger partial charge in [0.15, 0.2) is 5.78 Å². The van der Waals surface area contributed by atoms with E-state index in [1.807, 2.05) is 19.1 Å². The van der Waals surface area contributed by atoms with Crippen molar-refractivity contribution in [2.45, 2.75) is 26.2 Å². The van der Waals surface area contributed by atoms with E-state index in [0.29, 0.717) is 18.4 Å². The largest absolute Gasteiger partial charge is 0.326 e. The molecule has 0 saturated carbocycles. The van der Waals surface area contributed by atoms with Crippen molar-refractivity contribution in [3.63, 3.8) is 0 Å². The highest BCUT2D eigenvalue weighted by Crippen LogP contribution is 2.24. The second-order valence-corrected chi connectivity index (χ2v) is 3.70. The minimum absolute atomic E-state index is 0.0311. The van der Waals surface area contributed by atoms with Crippen molar-refractivity contribution in [2.24, 2.45) is 0 Å². The van der Waals surface area contributed by atoms with E-state index in [9.17, 15) is 9.59 Å². The fourth-order valence-corrected chi connectivity index (χ4v) is 1.75. The van der Waals surface area contributed by atoms with Gasteiger partial charge in [0.25, 0.3) is 0 Å². The molecule has 1 N–H and O–H groups in total. The second-order valence-electron chi connectivity index (χ2n) is 3.70. The first kappa shape index (κ1) is 9.90. The minimum Gasteiger partial charge on any atom is -0.326 e. The van der Waals surface area contributed by atoms with E-state index in [4.69, 9.17) is 0 Å². The van der Waals surface area contributed by atoms with Gasteiger partial charge in [-0.25, -0.2) is 0 Å². The number of aryl methyl sites for hydroxylation is 1. The maximum Gasteiger partial charge on any atom is 0.224 e. The molecule has 78 valence electrons. The van der Waals surface area contributed by atoms with Crippen LogP contribution in [0.4, 0.5) is 5.69 Å². The van der Waals surface area contributed by atoms with E-state index in [1.165, 1.54) is 0 Å². The molecule has 3 nitrogen and oxygen atoms in total. The molecule has 1 aliphatic heterocycles. The molecular formula is C12H13NO2. The first-order valence-corrected chi connectivity index (χ1v) is 5.16. The Kier molecular flexibility index (Phi) is 2.54. The third-order valence-electron chi connectivity index (χ3n) is 2.65. The number of hydrogen-bond acceptors (Lipinski definition) is 2. The fraction of sp³-hybridized carbons (Fsp3) is 0.333. The fourth-order valence-electron chi connectivity index (χ4n) is 1.75. The van der Waals surface area contributed by atoms with Crippen molar-refractivity contribution in [3.05, 3.63) is 29.3 Å². The number of carbonyl (C=O) groups is 2. The molecule has 1 amide bonds. The van der Waals surface area contributed by atoms with Gasteiger partial charge < -0.3 is 5.32 Å². The Morgan fingerprint density at radius 2 is 2.20 bits per heavy atom. The average molecular weight is 203 g/mol. The lowest BCUT2D eigenvalue weighted by Gasteiger charge is -2.17. The van der Waals surface area contributed by atoms with E-state index in [2.05, 4.69) is 5.32 Å². The molecule has 0 atom stereocenters. The number of anilines is 1. The molecule has 0 aliphatic carbocycles. The first-order valence-electron chi connectivity index (χ1n) is 5.16. The van der Waals surface area contributed by atoms with E-state index in [-0.39, 0.29) is 11.7 Å². The number of amides is 1. The predicted molar refractivity (Wildman–Crippen MR) is 58.0 cm³/mol. The Morgan fingerprint density at radius 1 is 1.40 bits per heavy atom. The minimum atomic E-state index is 0.0311. The Balaban J connectivity index is 2.36. The van der Waals surface area contributed by atoms with E-state index < -0.39 is 0 Å². The molecule has 0 fully saturated rings. The lowest BCUT2D eigenvalue weighted by atomic mass is 9.99. The molecule has 0 spiro atoms. The lowest BCUT2D eigenvalue weighted by molar-refractivity contribution is -0.116. The summed E-state index contributed by atoms with van der Waals surface area (Å²) in [5.41, 5.74) is 2.59. The van der Waals surface area contributed by atoms with Gasteiger partial charge in [-0.05, 0) is 18.1 Å². The van der Waals surface area contributed by atoms with Crippen LogP contribution in [0.5, 0.6) is 0 Å². The van der Waals surface area contributed by atoms with E-state index in [0.717, 1.165) is 17.7 Å². The maximum absolute atomic E-state index is 11.5. The van der Waals surface area contributed by atoms with E-state index >= 15 is 0 Å². The van der Waals surface area contributed by atoms with Gasteiger partial charge in [-0.15, -0.1) is 0 Å². The van der Waals surface area contributed by atoms with Gasteiger partial charge in [-0.1, -0.05) is 19.1 Å². The van der Waals surface area contributed by atoms with Crippen molar-refractivity contribution >= 4 is 17.4 Å². The van der Waals surface area contributed by atoms with Gasteiger partial charge in [0.2, 0.25) is 5.91 Å². The van der Waals surface area contributed by atoms with Crippen molar-refractivity contribution < 1.29 is 9.59 Å². The van der Waals surface area contributed by atoms with Gasteiger partial charge in [-0.2, -0.15) is 0 Å². The van der Waals surface area contributed by atoms with Gasteiger partial charge >= 0.3 is 0 Å². The quantitative estimate of drug-likeness (QED) is 0.749. The summed E-state index contributed by atoms with van der Waals surface area (Å²) in [7, 11) is 0. The zero-order valence-corrected chi connectivity index (χ0v) is 8.67. The van der Waals surface area contributed by atoms with Crippen LogP contribution in [0.2, 0.25) is 0 Å². The van der Waals surface area contributed by atoms with Gasteiger partial charge in [0.1, 0.15) is 0 Å². The maximum atomic E-state index is 11.5. The van der Waals surface area contributed by atoms with Crippen LogP contribution in [0.25, 0.3) is 0 Å². The molecule has 15 heavy (non-hydrogen) atoms. The highest BCUT2D eigenvalue weighted by molar-refractivity contribution is 5.99. The highest BCUT2D eigenvalue weighted by atomic mass is 16.1. The summed E-state index contributed by atoms with van der Waals surface area (Å²) in [6.45, 7) is 1.83. The van der Waals surface area contributed by atoms with Crippen LogP contribution in [0.1, 0.15) is 35.7 Å². The molecule has 1 aromatic carbocycles. The molecule has 0 unspecified atom stereocenters. The normalized spacial score (nSPS) is 14.3. The first-order chi connectivity index (χ1) is 7.20. The van der Waals surface area contributed by atoms with Gasteiger partial charge in [0.05, 0.1) is 0 Å². The molecule has 1 heterocycles. The lowest BCUT2D eigenvalue weighted by Crippen LogP contribution is -2.19. The van der Waals surface area contributed by atoms with Crippen LogP contribution in [0.15, 0.2) is 18.2 Å². The molecular weight excluding hydrogens is 190 g/mol. The summed E-state index contributed by atoms with van der Waals surface area (Å²) < 4.78 is 0. The Labute approximate surface area is 88.5 Å². The van der Waals surface area contributed by atoms with Crippen LogP contribution in [-0.4, -0.2) is 11.7 Å². The van der Waals surface area contributed by atoms with Crippen LogP contribution in [0, 0.1) is 0 Å². The summed E-state index contributed by atoms with van der Waals surface area (Å²) >= 11 is 0. The van der Waals surface area contributed by atoms with Crippen LogP contribution in [0.3, 0.4) is 0 Å². The number of hydrogen-bond donors (Lipinski definition) is 1. The molecule has 0 bridgehead atoms. The number of ketones is 1. The van der Waals surface area contributed by atoms with Crippen molar-refractivity contribution in [3.8, 4) is 0 Å². The zero-order chi connectivity index (χ0) is 10.8. The van der Waals surface area contributed by atoms with Crippen molar-refractivity contribution in [1.82, 2.24) is 0 Å². The number of Topliss-reactive ketones (excluding diaryl/α,β-unsaturated/α-hetero) is 1.